The first-order chi connectivity index (χ1) is 6.15. The zero-order valence-corrected chi connectivity index (χ0v) is 7.31. The maximum Gasteiger partial charge on any atom is 0.327 e. The summed E-state index contributed by atoms with van der Waals surface area (Å²) >= 11 is 0. The Labute approximate surface area is 74.2 Å². The number of H-pyrrole nitrogens is 2. The van der Waals surface area contributed by atoms with Gasteiger partial charge in [-0.3, -0.25) is 14.8 Å². The third-order valence-corrected chi connectivity index (χ3v) is 1.63. The molecule has 6 nitrogen and oxygen atoms in total. The van der Waals surface area contributed by atoms with Crippen molar-refractivity contribution in [3.05, 3.63) is 26.4 Å². The van der Waals surface area contributed by atoms with Gasteiger partial charge >= 0.3 is 5.69 Å². The molecule has 0 bridgehead atoms. The molecule has 5 N–H and O–H groups in total. The molecule has 1 aromatic heterocycles. The molecule has 1 rings (SSSR count). The molecule has 13 heavy (non-hydrogen) atoms. The Morgan fingerprint density at radius 1 is 1.38 bits per heavy atom. The summed E-state index contributed by atoms with van der Waals surface area (Å²) in [5.74, 6) is 0.430. The van der Waals surface area contributed by atoms with Crippen molar-refractivity contribution in [2.45, 2.75) is 6.92 Å². The first kappa shape index (κ1) is 9.53. The van der Waals surface area contributed by atoms with Gasteiger partial charge in [0, 0.05) is 13.1 Å². The van der Waals surface area contributed by atoms with Crippen molar-refractivity contribution in [1.82, 2.24) is 9.97 Å². The molecule has 0 atom stereocenters. The van der Waals surface area contributed by atoms with Crippen LogP contribution in [-0.4, -0.2) is 23.1 Å². The van der Waals surface area contributed by atoms with Gasteiger partial charge in [0.25, 0.3) is 5.56 Å². The Balaban J connectivity index is 3.06. The van der Waals surface area contributed by atoms with Gasteiger partial charge in [-0.15, -0.1) is 0 Å². The molecule has 0 unspecified atom stereocenters. The summed E-state index contributed by atoms with van der Waals surface area (Å²) in [4.78, 5) is 26.5. The van der Waals surface area contributed by atoms with E-state index in [2.05, 4.69) is 15.3 Å². The zero-order valence-electron chi connectivity index (χ0n) is 7.31. The van der Waals surface area contributed by atoms with E-state index < -0.39 is 5.69 Å². The largest absolute Gasteiger partial charge is 0.370 e. The zero-order chi connectivity index (χ0) is 9.84. The Bertz CT molecular complexity index is 392. The second kappa shape index (κ2) is 3.90. The van der Waals surface area contributed by atoms with Crippen molar-refractivity contribution in [2.75, 3.05) is 18.4 Å². The Morgan fingerprint density at radius 3 is 2.69 bits per heavy atom. The number of rotatable bonds is 3. The quantitative estimate of drug-likeness (QED) is 0.470. The lowest BCUT2D eigenvalue weighted by molar-refractivity contribution is 0.962. The molecule has 0 aromatic carbocycles. The molecule has 0 radical (unpaired) electrons. The van der Waals surface area contributed by atoms with Gasteiger partial charge in [0.1, 0.15) is 5.82 Å². The first-order valence-corrected chi connectivity index (χ1v) is 3.92. The van der Waals surface area contributed by atoms with Gasteiger partial charge in [-0.2, -0.15) is 0 Å². The number of hydrogen-bond donors (Lipinski definition) is 4. The van der Waals surface area contributed by atoms with E-state index in [9.17, 15) is 9.59 Å². The van der Waals surface area contributed by atoms with Gasteiger partial charge in [0.2, 0.25) is 0 Å². The standard InChI is InChI=1S/C7H12N4O2/c1-4-5(9-3-2-8)10-7(13)11-6(4)12/h2-3,8H2,1H3,(H3,9,10,11,12,13). The van der Waals surface area contributed by atoms with Crippen LogP contribution in [0.4, 0.5) is 5.82 Å². The van der Waals surface area contributed by atoms with Crippen LogP contribution in [0, 0.1) is 6.92 Å². The van der Waals surface area contributed by atoms with Crippen molar-refractivity contribution in [3.8, 4) is 0 Å². The number of aromatic nitrogens is 2. The smallest absolute Gasteiger partial charge is 0.327 e. The number of aromatic amines is 2. The minimum Gasteiger partial charge on any atom is -0.370 e. The molecule has 0 fully saturated rings. The van der Waals surface area contributed by atoms with Crippen LogP contribution in [0.3, 0.4) is 0 Å². The number of nitrogens with two attached hydrogens (primary N) is 1. The summed E-state index contributed by atoms with van der Waals surface area (Å²) in [5.41, 5.74) is 4.81. The molecule has 0 saturated heterocycles. The Kier molecular flexibility index (Phi) is 2.86. The lowest BCUT2D eigenvalue weighted by Crippen LogP contribution is -2.27. The highest BCUT2D eigenvalue weighted by molar-refractivity contribution is 5.40. The van der Waals surface area contributed by atoms with Gasteiger partial charge < -0.3 is 11.1 Å². The number of nitrogens with one attached hydrogen (secondary N) is 3. The molecular formula is C7H12N4O2. The maximum atomic E-state index is 11.1. The average Bonchev–Trinajstić information content (AvgIpc) is 2.09. The predicted octanol–water partition coefficient (Wildman–Crippen LogP) is -1.26. The Morgan fingerprint density at radius 2 is 2.08 bits per heavy atom. The molecule has 0 aliphatic rings. The first-order valence-electron chi connectivity index (χ1n) is 3.92. The van der Waals surface area contributed by atoms with Crippen molar-refractivity contribution in [3.63, 3.8) is 0 Å². The molecule has 1 heterocycles. The van der Waals surface area contributed by atoms with E-state index >= 15 is 0 Å². The molecule has 72 valence electrons. The number of hydrogen-bond acceptors (Lipinski definition) is 4. The van der Waals surface area contributed by atoms with E-state index in [0.717, 1.165) is 0 Å². The van der Waals surface area contributed by atoms with Crippen LogP contribution in [0.5, 0.6) is 0 Å². The molecule has 0 amide bonds. The summed E-state index contributed by atoms with van der Waals surface area (Å²) in [6, 6.07) is 0. The maximum absolute atomic E-state index is 11.1. The molecule has 0 aliphatic heterocycles. The SMILES string of the molecule is Cc1c(NCCN)[nH]c(=O)[nH]c1=O. The summed E-state index contributed by atoms with van der Waals surface area (Å²) in [6.07, 6.45) is 0. The second-order valence-electron chi connectivity index (χ2n) is 2.62. The van der Waals surface area contributed by atoms with Crippen LogP contribution in [0.15, 0.2) is 9.59 Å². The van der Waals surface area contributed by atoms with E-state index in [1.807, 2.05) is 0 Å². The van der Waals surface area contributed by atoms with Crippen LogP contribution < -0.4 is 22.3 Å². The van der Waals surface area contributed by atoms with Crippen molar-refractivity contribution in [2.24, 2.45) is 5.73 Å². The fourth-order valence-corrected chi connectivity index (χ4v) is 0.923. The monoisotopic (exact) mass is 184 g/mol. The fourth-order valence-electron chi connectivity index (χ4n) is 0.923. The van der Waals surface area contributed by atoms with Gasteiger partial charge in [0.15, 0.2) is 0 Å². The highest BCUT2D eigenvalue weighted by atomic mass is 16.2. The van der Waals surface area contributed by atoms with E-state index in [0.29, 0.717) is 24.5 Å². The highest BCUT2D eigenvalue weighted by Crippen LogP contribution is 2.00. The summed E-state index contributed by atoms with van der Waals surface area (Å²) in [5, 5.41) is 2.84. The summed E-state index contributed by atoms with van der Waals surface area (Å²) < 4.78 is 0. The molecule has 6 heteroatoms. The topological polar surface area (TPSA) is 104 Å². The minimum atomic E-state index is -0.518. The van der Waals surface area contributed by atoms with Crippen LogP contribution in [-0.2, 0) is 0 Å². The fraction of sp³-hybridized carbons (Fsp3) is 0.429. The lowest BCUT2D eigenvalue weighted by Gasteiger charge is -2.05. The van der Waals surface area contributed by atoms with Crippen molar-refractivity contribution in [1.29, 1.82) is 0 Å². The molecular weight excluding hydrogens is 172 g/mol. The second-order valence-corrected chi connectivity index (χ2v) is 2.62. The summed E-state index contributed by atoms with van der Waals surface area (Å²) in [6.45, 7) is 2.57. The van der Waals surface area contributed by atoms with E-state index in [4.69, 9.17) is 5.73 Å². The van der Waals surface area contributed by atoms with E-state index in [1.54, 1.807) is 6.92 Å². The van der Waals surface area contributed by atoms with Gasteiger partial charge in [0.05, 0.1) is 5.56 Å². The third kappa shape index (κ3) is 2.19. The highest BCUT2D eigenvalue weighted by Gasteiger charge is 2.02. The van der Waals surface area contributed by atoms with Gasteiger partial charge in [-0.05, 0) is 6.92 Å². The molecule has 0 saturated carbocycles. The lowest BCUT2D eigenvalue weighted by atomic mass is 10.3. The summed E-state index contributed by atoms with van der Waals surface area (Å²) in [7, 11) is 0. The number of anilines is 1. The van der Waals surface area contributed by atoms with Crippen molar-refractivity contribution < 1.29 is 0 Å². The minimum absolute atomic E-state index is 0.386. The third-order valence-electron chi connectivity index (χ3n) is 1.63. The van der Waals surface area contributed by atoms with Crippen LogP contribution in [0.1, 0.15) is 5.56 Å². The molecule has 0 spiro atoms. The average molecular weight is 184 g/mol. The normalized spacial score (nSPS) is 10.0. The van der Waals surface area contributed by atoms with E-state index in [-0.39, 0.29) is 5.56 Å². The predicted molar refractivity (Wildman–Crippen MR) is 50.0 cm³/mol. The Hall–Kier alpha value is -1.56. The van der Waals surface area contributed by atoms with Gasteiger partial charge in [-0.1, -0.05) is 0 Å². The molecule has 1 aromatic rings. The van der Waals surface area contributed by atoms with Crippen molar-refractivity contribution >= 4 is 5.82 Å². The van der Waals surface area contributed by atoms with E-state index in [1.165, 1.54) is 0 Å². The molecule has 0 aliphatic carbocycles. The van der Waals surface area contributed by atoms with Crippen LogP contribution >= 0.6 is 0 Å². The van der Waals surface area contributed by atoms with Crippen LogP contribution in [0.2, 0.25) is 0 Å². The van der Waals surface area contributed by atoms with Gasteiger partial charge in [-0.25, -0.2) is 4.79 Å². The van der Waals surface area contributed by atoms with Crippen LogP contribution in [0.25, 0.3) is 0 Å².